The van der Waals surface area contributed by atoms with Crippen molar-refractivity contribution in [3.63, 3.8) is 0 Å². The zero-order chi connectivity index (χ0) is 14.5. The fraction of sp³-hybridized carbons (Fsp3) is 0.267. The van der Waals surface area contributed by atoms with Crippen LogP contribution in [0.3, 0.4) is 0 Å². The number of hydrazine groups is 1. The Hall–Kier alpha value is -1.30. The summed E-state index contributed by atoms with van der Waals surface area (Å²) in [5, 5.41) is 0. The van der Waals surface area contributed by atoms with Gasteiger partial charge in [0.1, 0.15) is 5.82 Å². The van der Waals surface area contributed by atoms with Gasteiger partial charge in [0.15, 0.2) is 0 Å². The number of nitrogens with zero attached hydrogens (tertiary/aromatic N) is 1. The van der Waals surface area contributed by atoms with Gasteiger partial charge in [-0.25, -0.2) is 4.39 Å². The zero-order valence-corrected chi connectivity index (χ0v) is 12.8. The molecule has 1 unspecified atom stereocenters. The van der Waals surface area contributed by atoms with E-state index in [-0.39, 0.29) is 11.9 Å². The molecule has 0 aliphatic carbocycles. The minimum Gasteiger partial charge on any atom is -0.271 e. The first kappa shape index (κ1) is 15.1. The Balaban J connectivity index is 2.19. The molecule has 0 aliphatic heterocycles. The van der Waals surface area contributed by atoms with E-state index in [1.165, 1.54) is 17.7 Å². The molecule has 1 aromatic heterocycles. The van der Waals surface area contributed by atoms with E-state index < -0.39 is 0 Å². The minimum atomic E-state index is -0.288. The Bertz CT molecular complexity index is 552. The Kier molecular flexibility index (Phi) is 5.23. The van der Waals surface area contributed by atoms with Gasteiger partial charge in [-0.05, 0) is 41.8 Å². The maximum Gasteiger partial charge on any atom is 0.124 e. The maximum atomic E-state index is 13.4. The van der Waals surface area contributed by atoms with E-state index in [0.29, 0.717) is 10.9 Å². The van der Waals surface area contributed by atoms with Crippen molar-refractivity contribution in [3.05, 3.63) is 63.6 Å². The lowest BCUT2D eigenvalue weighted by atomic mass is 10.0. The Morgan fingerprint density at radius 3 is 2.70 bits per heavy atom. The second-order valence-corrected chi connectivity index (χ2v) is 5.55. The molecule has 3 nitrogen and oxygen atoms in total. The first-order valence-corrected chi connectivity index (χ1v) is 7.27. The first-order valence-electron chi connectivity index (χ1n) is 6.48. The zero-order valence-electron chi connectivity index (χ0n) is 11.2. The maximum absolute atomic E-state index is 13.4. The normalized spacial score (nSPS) is 12.4. The lowest BCUT2D eigenvalue weighted by Crippen LogP contribution is -2.30. The number of benzene rings is 1. The second-order valence-electron chi connectivity index (χ2n) is 4.64. The highest BCUT2D eigenvalue weighted by atomic mass is 79.9. The summed E-state index contributed by atoms with van der Waals surface area (Å²) in [7, 11) is 0. The van der Waals surface area contributed by atoms with Crippen molar-refractivity contribution in [1.29, 1.82) is 0 Å². The molecule has 20 heavy (non-hydrogen) atoms. The van der Waals surface area contributed by atoms with Crippen LogP contribution in [0.25, 0.3) is 0 Å². The summed E-state index contributed by atoms with van der Waals surface area (Å²) in [5.41, 5.74) is 5.63. The molecule has 0 aliphatic rings. The number of rotatable bonds is 5. The van der Waals surface area contributed by atoms with Crippen molar-refractivity contribution in [2.24, 2.45) is 5.84 Å². The van der Waals surface area contributed by atoms with Gasteiger partial charge in [-0.2, -0.15) is 0 Å². The Morgan fingerprint density at radius 2 is 2.15 bits per heavy atom. The van der Waals surface area contributed by atoms with Gasteiger partial charge in [-0.3, -0.25) is 16.3 Å². The lowest BCUT2D eigenvalue weighted by molar-refractivity contribution is 0.538. The van der Waals surface area contributed by atoms with Crippen LogP contribution in [0.15, 0.2) is 41.0 Å². The van der Waals surface area contributed by atoms with Crippen molar-refractivity contribution in [2.75, 3.05) is 0 Å². The van der Waals surface area contributed by atoms with Gasteiger partial charge in [0.25, 0.3) is 0 Å². The van der Waals surface area contributed by atoms with Gasteiger partial charge in [0, 0.05) is 22.8 Å². The molecular weight excluding hydrogens is 321 g/mol. The van der Waals surface area contributed by atoms with Crippen LogP contribution in [-0.2, 0) is 12.8 Å². The van der Waals surface area contributed by atoms with Crippen LogP contribution >= 0.6 is 15.9 Å². The molecule has 3 N–H and O–H groups in total. The van der Waals surface area contributed by atoms with Crippen LogP contribution in [0, 0.1) is 5.82 Å². The number of pyridine rings is 1. The third kappa shape index (κ3) is 3.85. The highest BCUT2D eigenvalue weighted by molar-refractivity contribution is 9.10. The van der Waals surface area contributed by atoms with Gasteiger partial charge in [-0.1, -0.05) is 28.9 Å². The Labute approximate surface area is 126 Å². The first-order chi connectivity index (χ1) is 9.62. The van der Waals surface area contributed by atoms with Crippen LogP contribution in [0.5, 0.6) is 0 Å². The second kappa shape index (κ2) is 6.92. The van der Waals surface area contributed by atoms with E-state index in [1.54, 1.807) is 0 Å². The predicted octanol–water partition coefficient (Wildman–Crippen LogP) is 3.29. The molecule has 0 fully saturated rings. The highest BCUT2D eigenvalue weighted by Gasteiger charge is 2.13. The van der Waals surface area contributed by atoms with Gasteiger partial charge in [0.05, 0.1) is 6.04 Å². The van der Waals surface area contributed by atoms with Crippen molar-refractivity contribution >= 4 is 15.9 Å². The molecule has 2 aromatic rings. The quantitative estimate of drug-likeness (QED) is 0.650. The monoisotopic (exact) mass is 337 g/mol. The van der Waals surface area contributed by atoms with E-state index in [9.17, 15) is 4.39 Å². The summed E-state index contributed by atoms with van der Waals surface area (Å²) < 4.78 is 14.1. The van der Waals surface area contributed by atoms with Crippen LogP contribution < -0.4 is 11.3 Å². The van der Waals surface area contributed by atoms with Crippen LogP contribution in [0.4, 0.5) is 4.39 Å². The summed E-state index contributed by atoms with van der Waals surface area (Å²) in [6, 6.07) is 8.62. The van der Waals surface area contributed by atoms with Gasteiger partial charge in [0.2, 0.25) is 0 Å². The molecular formula is C15H17BrFN3. The number of aryl methyl sites for hydroxylation is 1. The van der Waals surface area contributed by atoms with E-state index in [1.807, 2.05) is 18.3 Å². The summed E-state index contributed by atoms with van der Waals surface area (Å²) in [6.07, 6.45) is 3.43. The molecule has 0 spiro atoms. The van der Waals surface area contributed by atoms with Crippen molar-refractivity contribution in [3.8, 4) is 0 Å². The van der Waals surface area contributed by atoms with E-state index >= 15 is 0 Å². The molecule has 0 radical (unpaired) electrons. The molecule has 0 bridgehead atoms. The molecule has 0 saturated heterocycles. The topological polar surface area (TPSA) is 50.9 Å². The SMILES string of the molecule is CCc1ccc(CC(NN)c2cc(F)cc(Br)c2)nc1. The number of nitrogens with one attached hydrogen (secondary N) is 1. The van der Waals surface area contributed by atoms with E-state index in [2.05, 4.69) is 39.3 Å². The number of nitrogens with two attached hydrogens (primary N) is 1. The molecule has 1 heterocycles. The summed E-state index contributed by atoms with van der Waals surface area (Å²) in [4.78, 5) is 4.41. The van der Waals surface area contributed by atoms with Gasteiger partial charge < -0.3 is 0 Å². The fourth-order valence-electron chi connectivity index (χ4n) is 2.04. The minimum absolute atomic E-state index is 0.179. The summed E-state index contributed by atoms with van der Waals surface area (Å²) in [6.45, 7) is 2.09. The number of aromatic nitrogens is 1. The Morgan fingerprint density at radius 1 is 1.35 bits per heavy atom. The van der Waals surface area contributed by atoms with Crippen LogP contribution in [-0.4, -0.2) is 4.98 Å². The van der Waals surface area contributed by atoms with Crippen molar-refractivity contribution in [2.45, 2.75) is 25.8 Å². The highest BCUT2D eigenvalue weighted by Crippen LogP contribution is 2.22. The molecule has 5 heteroatoms. The molecule has 1 atom stereocenters. The third-order valence-corrected chi connectivity index (χ3v) is 3.65. The number of halogens is 2. The van der Waals surface area contributed by atoms with E-state index in [0.717, 1.165) is 17.7 Å². The number of hydrogen-bond acceptors (Lipinski definition) is 3. The van der Waals surface area contributed by atoms with Crippen LogP contribution in [0.2, 0.25) is 0 Å². The van der Waals surface area contributed by atoms with Crippen LogP contribution in [0.1, 0.15) is 29.8 Å². The third-order valence-electron chi connectivity index (χ3n) is 3.20. The molecule has 0 saturated carbocycles. The summed E-state index contributed by atoms with van der Waals surface area (Å²) >= 11 is 3.29. The number of hydrogen-bond donors (Lipinski definition) is 2. The van der Waals surface area contributed by atoms with Gasteiger partial charge in [-0.15, -0.1) is 0 Å². The fourth-order valence-corrected chi connectivity index (χ4v) is 2.53. The standard InChI is InChI=1S/C15H17BrFN3/c1-2-10-3-4-14(19-9-10)8-15(20-18)11-5-12(16)7-13(17)6-11/h3-7,9,15,20H,2,8,18H2,1H3. The van der Waals surface area contributed by atoms with Gasteiger partial charge >= 0.3 is 0 Å². The average Bonchev–Trinajstić information content (AvgIpc) is 2.44. The predicted molar refractivity (Wildman–Crippen MR) is 81.5 cm³/mol. The van der Waals surface area contributed by atoms with E-state index in [4.69, 9.17) is 5.84 Å². The molecule has 106 valence electrons. The lowest BCUT2D eigenvalue weighted by Gasteiger charge is -2.16. The molecule has 0 amide bonds. The average molecular weight is 338 g/mol. The smallest absolute Gasteiger partial charge is 0.124 e. The van der Waals surface area contributed by atoms with Crippen molar-refractivity contribution in [1.82, 2.24) is 10.4 Å². The summed E-state index contributed by atoms with van der Waals surface area (Å²) in [5.74, 6) is 5.31. The van der Waals surface area contributed by atoms with Crippen molar-refractivity contribution < 1.29 is 4.39 Å². The largest absolute Gasteiger partial charge is 0.271 e. The molecule has 1 aromatic carbocycles. The molecule has 2 rings (SSSR count).